The van der Waals surface area contributed by atoms with Crippen LogP contribution in [0.5, 0.6) is 0 Å². The molecule has 0 spiro atoms. The van der Waals surface area contributed by atoms with Crippen LogP contribution in [0, 0.1) is 17.0 Å². The maximum absolute atomic E-state index is 13.3. The monoisotopic (exact) mass is 564 g/mol. The van der Waals surface area contributed by atoms with Crippen molar-refractivity contribution in [3.63, 3.8) is 0 Å². The number of anilines is 2. The largest absolute Gasteiger partial charge is 0.423 e. The molecular weight excluding hydrogens is 529 g/mol. The molecule has 1 N–H and O–H groups in total. The van der Waals surface area contributed by atoms with E-state index in [2.05, 4.69) is 46.3 Å². The van der Waals surface area contributed by atoms with Crippen LogP contribution >= 0.6 is 12.2 Å². The number of benzene rings is 2. The normalized spacial score (nSPS) is 20.6. The van der Waals surface area contributed by atoms with Crippen molar-refractivity contribution < 1.29 is 22.8 Å². The SMILES string of the molecule is Cc1ccc(N2CCN(C(=S)C(C)(C)OC3CCC(Nc4ccc([N+](=O)[O-])c(C(F)(F)F)c4)CC3)CC2)cc1. The lowest BCUT2D eigenvalue weighted by Gasteiger charge is -2.43. The van der Waals surface area contributed by atoms with Crippen LogP contribution < -0.4 is 10.2 Å². The molecule has 0 radical (unpaired) electrons. The van der Waals surface area contributed by atoms with E-state index in [1.54, 1.807) is 0 Å². The Morgan fingerprint density at radius 2 is 1.64 bits per heavy atom. The Morgan fingerprint density at radius 3 is 2.21 bits per heavy atom. The van der Waals surface area contributed by atoms with Gasteiger partial charge in [0.25, 0.3) is 5.69 Å². The Kier molecular flexibility index (Phi) is 8.70. The summed E-state index contributed by atoms with van der Waals surface area (Å²) in [4.78, 5) is 15.4. The molecule has 0 aromatic heterocycles. The van der Waals surface area contributed by atoms with Gasteiger partial charge in [0, 0.05) is 49.7 Å². The van der Waals surface area contributed by atoms with Crippen molar-refractivity contribution in [1.82, 2.24) is 4.90 Å². The minimum Gasteiger partial charge on any atom is -0.382 e. The average Bonchev–Trinajstić information content (AvgIpc) is 2.89. The third-order valence-corrected chi connectivity index (χ3v) is 8.24. The van der Waals surface area contributed by atoms with E-state index in [-0.39, 0.29) is 17.8 Å². The Labute approximate surface area is 232 Å². The highest BCUT2D eigenvalue weighted by Crippen LogP contribution is 2.38. The van der Waals surface area contributed by atoms with Gasteiger partial charge in [0.1, 0.15) is 16.2 Å². The molecule has 0 amide bonds. The van der Waals surface area contributed by atoms with Crippen molar-refractivity contribution in [2.24, 2.45) is 0 Å². The van der Waals surface area contributed by atoms with Gasteiger partial charge in [-0.2, -0.15) is 13.2 Å². The summed E-state index contributed by atoms with van der Waals surface area (Å²) in [6.45, 7) is 9.50. The third kappa shape index (κ3) is 7.19. The van der Waals surface area contributed by atoms with Crippen LogP contribution in [0.15, 0.2) is 42.5 Å². The van der Waals surface area contributed by atoms with Crippen molar-refractivity contribution in [2.45, 2.75) is 70.4 Å². The number of nitro groups is 1. The van der Waals surface area contributed by atoms with Gasteiger partial charge in [-0.3, -0.25) is 10.1 Å². The number of nitro benzene ring substituents is 1. The van der Waals surface area contributed by atoms with Crippen LogP contribution in [0.3, 0.4) is 0 Å². The maximum Gasteiger partial charge on any atom is 0.423 e. The predicted molar refractivity (Wildman–Crippen MR) is 150 cm³/mol. The Balaban J connectivity index is 1.27. The van der Waals surface area contributed by atoms with Crippen LogP contribution in [-0.4, -0.2) is 58.7 Å². The molecule has 1 saturated heterocycles. The molecule has 212 valence electrons. The molecule has 2 fully saturated rings. The van der Waals surface area contributed by atoms with E-state index < -0.39 is 28.0 Å². The first-order valence-electron chi connectivity index (χ1n) is 13.2. The first kappa shape index (κ1) is 29.1. The standard InChI is InChI=1S/C28H35F3N4O3S/c1-19-4-9-22(10-5-19)33-14-16-34(17-15-33)26(39)27(2,3)38-23-11-6-20(7-12-23)32-21-8-13-25(35(36)37)24(18-21)28(29,30)31/h4-5,8-10,13,18,20,23,32H,6-7,11-12,14-17H2,1-3H3. The van der Waals surface area contributed by atoms with Crippen molar-refractivity contribution in [3.05, 3.63) is 63.7 Å². The van der Waals surface area contributed by atoms with Gasteiger partial charge in [0.05, 0.1) is 11.0 Å². The van der Waals surface area contributed by atoms with Crippen molar-refractivity contribution in [2.75, 3.05) is 36.4 Å². The van der Waals surface area contributed by atoms with Gasteiger partial charge >= 0.3 is 6.18 Å². The van der Waals surface area contributed by atoms with Crippen LogP contribution in [0.25, 0.3) is 0 Å². The highest BCUT2D eigenvalue weighted by Gasteiger charge is 2.39. The van der Waals surface area contributed by atoms with Gasteiger partial charge in [0.15, 0.2) is 0 Å². The smallest absolute Gasteiger partial charge is 0.382 e. The fourth-order valence-corrected chi connectivity index (χ4v) is 5.57. The number of nitrogens with zero attached hydrogens (tertiary/aromatic N) is 3. The highest BCUT2D eigenvalue weighted by atomic mass is 32.1. The zero-order valence-electron chi connectivity index (χ0n) is 22.5. The van der Waals surface area contributed by atoms with E-state index in [1.807, 2.05) is 13.8 Å². The van der Waals surface area contributed by atoms with Crippen molar-refractivity contribution >= 4 is 34.3 Å². The summed E-state index contributed by atoms with van der Waals surface area (Å²) >= 11 is 5.86. The topological polar surface area (TPSA) is 70.9 Å². The summed E-state index contributed by atoms with van der Waals surface area (Å²) in [5.41, 5.74) is -0.126. The number of piperazine rings is 1. The quantitative estimate of drug-likeness (QED) is 0.231. The van der Waals surface area contributed by atoms with Gasteiger partial charge in [0.2, 0.25) is 0 Å². The summed E-state index contributed by atoms with van der Waals surface area (Å²) in [5.74, 6) is 0. The second-order valence-corrected chi connectivity index (χ2v) is 11.2. The molecule has 4 rings (SSSR count). The molecule has 39 heavy (non-hydrogen) atoms. The minimum atomic E-state index is -4.80. The summed E-state index contributed by atoms with van der Waals surface area (Å²) in [6, 6.07) is 11.6. The number of hydrogen-bond acceptors (Lipinski definition) is 6. The van der Waals surface area contributed by atoms with E-state index in [1.165, 1.54) is 17.3 Å². The average molecular weight is 565 g/mol. The van der Waals surface area contributed by atoms with Crippen molar-refractivity contribution in [1.29, 1.82) is 0 Å². The summed E-state index contributed by atoms with van der Waals surface area (Å²) in [7, 11) is 0. The molecule has 2 aromatic carbocycles. The number of aryl methyl sites for hydroxylation is 1. The van der Waals surface area contributed by atoms with Gasteiger partial charge < -0.3 is 19.9 Å². The van der Waals surface area contributed by atoms with Crippen molar-refractivity contribution in [3.8, 4) is 0 Å². The third-order valence-electron chi connectivity index (χ3n) is 7.49. The number of ether oxygens (including phenoxy) is 1. The highest BCUT2D eigenvalue weighted by molar-refractivity contribution is 7.80. The minimum absolute atomic E-state index is 0.00700. The Bertz CT molecular complexity index is 1170. The Hall–Kier alpha value is -2.92. The van der Waals surface area contributed by atoms with E-state index >= 15 is 0 Å². The van der Waals surface area contributed by atoms with E-state index in [0.29, 0.717) is 12.8 Å². The fraction of sp³-hybridized carbons (Fsp3) is 0.536. The fourth-order valence-electron chi connectivity index (χ4n) is 5.34. The van der Waals surface area contributed by atoms with E-state index in [9.17, 15) is 23.3 Å². The molecule has 11 heteroatoms. The van der Waals surface area contributed by atoms with Gasteiger partial charge in [-0.25, -0.2) is 0 Å². The van der Waals surface area contributed by atoms with Gasteiger partial charge in [-0.1, -0.05) is 29.9 Å². The molecular formula is C28H35F3N4O3S. The summed E-state index contributed by atoms with van der Waals surface area (Å²) < 4.78 is 46.4. The van der Waals surface area contributed by atoms with Crippen LogP contribution in [0.4, 0.5) is 30.2 Å². The first-order valence-corrected chi connectivity index (χ1v) is 13.7. The van der Waals surface area contributed by atoms with Crippen LogP contribution in [-0.2, 0) is 10.9 Å². The lowest BCUT2D eigenvalue weighted by molar-refractivity contribution is -0.388. The zero-order valence-corrected chi connectivity index (χ0v) is 23.3. The van der Waals surface area contributed by atoms with Crippen LogP contribution in [0.1, 0.15) is 50.7 Å². The number of alkyl halides is 3. The number of halogens is 3. The van der Waals surface area contributed by atoms with E-state index in [4.69, 9.17) is 17.0 Å². The molecule has 0 atom stereocenters. The number of rotatable bonds is 7. The lowest BCUT2D eigenvalue weighted by atomic mass is 9.92. The second-order valence-electron chi connectivity index (χ2n) is 10.8. The molecule has 1 aliphatic heterocycles. The first-order chi connectivity index (χ1) is 18.3. The maximum atomic E-state index is 13.3. The Morgan fingerprint density at radius 1 is 1.03 bits per heavy atom. The second kappa shape index (κ2) is 11.7. The van der Waals surface area contributed by atoms with Gasteiger partial charge in [-0.05, 0) is 70.7 Å². The zero-order chi connectivity index (χ0) is 28.4. The number of hydrogen-bond donors (Lipinski definition) is 1. The van der Waals surface area contributed by atoms with Crippen LogP contribution in [0.2, 0.25) is 0 Å². The molecule has 7 nitrogen and oxygen atoms in total. The number of thiocarbonyl (C=S) groups is 1. The lowest BCUT2D eigenvalue weighted by Crippen LogP contribution is -2.55. The molecule has 1 heterocycles. The van der Waals surface area contributed by atoms with Gasteiger partial charge in [-0.15, -0.1) is 0 Å². The summed E-state index contributed by atoms with van der Waals surface area (Å²) in [6.07, 6.45) is -1.91. The molecule has 0 bridgehead atoms. The molecule has 2 aromatic rings. The van der Waals surface area contributed by atoms with E-state index in [0.717, 1.165) is 56.1 Å². The molecule has 1 saturated carbocycles. The predicted octanol–water partition coefficient (Wildman–Crippen LogP) is 6.59. The summed E-state index contributed by atoms with van der Waals surface area (Å²) in [5, 5.41) is 14.1. The number of nitrogens with one attached hydrogen (secondary N) is 1. The molecule has 2 aliphatic rings. The molecule has 1 aliphatic carbocycles. The molecule has 0 unspecified atom stereocenters.